The first-order chi connectivity index (χ1) is 18.4. The highest BCUT2D eigenvalue weighted by molar-refractivity contribution is 5.97. The normalized spacial score (nSPS) is 23.1. The Morgan fingerprint density at radius 2 is 1.73 bits per heavy atom. The zero-order valence-electron chi connectivity index (χ0n) is 24.4. The summed E-state index contributed by atoms with van der Waals surface area (Å²) in [5.41, 5.74) is 4.39. The minimum Gasteiger partial charge on any atom is -0.444 e. The lowest BCUT2D eigenvalue weighted by Gasteiger charge is -2.38. The quantitative estimate of drug-likeness (QED) is 0.497. The second-order valence-electron chi connectivity index (χ2n) is 13.5. The number of nitrogens with two attached hydrogens (primary N) is 1. The fraction of sp³-hybridized carbons (Fsp3) is 0.586. The molecule has 40 heavy (non-hydrogen) atoms. The van der Waals surface area contributed by atoms with Crippen molar-refractivity contribution in [1.29, 1.82) is 0 Å². The topological polar surface area (TPSA) is 157 Å². The van der Waals surface area contributed by atoms with Crippen molar-refractivity contribution in [2.45, 2.75) is 79.1 Å². The molecule has 4 rings (SSSR count). The summed E-state index contributed by atoms with van der Waals surface area (Å²) < 4.78 is 5.41. The maximum Gasteiger partial charge on any atom is 0.408 e. The van der Waals surface area contributed by atoms with Gasteiger partial charge in [0.25, 0.3) is 0 Å². The van der Waals surface area contributed by atoms with Crippen LogP contribution in [0.1, 0.15) is 67.1 Å². The Balaban J connectivity index is 1.63. The van der Waals surface area contributed by atoms with Crippen LogP contribution in [-0.2, 0) is 19.1 Å². The SMILES string of the molecule is CC(C)(C)OC(=O)NC(C(=O)N1C[C@H]2[C@@H]([C@H]1C(=O)NC(C(N)=O)c1nncc3ccccc13)C2(C)C)C(C)(C)C. The summed E-state index contributed by atoms with van der Waals surface area (Å²) in [7, 11) is 0. The average Bonchev–Trinajstić information content (AvgIpc) is 3.16. The highest BCUT2D eigenvalue weighted by Gasteiger charge is 2.70. The lowest BCUT2D eigenvalue weighted by molar-refractivity contribution is -0.144. The Hall–Kier alpha value is -3.76. The molecule has 1 aliphatic carbocycles. The number of aromatic nitrogens is 2. The summed E-state index contributed by atoms with van der Waals surface area (Å²) >= 11 is 0. The highest BCUT2D eigenvalue weighted by Crippen LogP contribution is 2.65. The molecule has 1 aliphatic heterocycles. The summed E-state index contributed by atoms with van der Waals surface area (Å²) in [5.74, 6) is -1.71. The maximum atomic E-state index is 14.0. The number of primary amides is 1. The van der Waals surface area contributed by atoms with E-state index >= 15 is 0 Å². The Kier molecular flexibility index (Phi) is 7.32. The number of likely N-dealkylation sites (tertiary alicyclic amines) is 1. The van der Waals surface area contributed by atoms with Crippen molar-refractivity contribution >= 4 is 34.6 Å². The number of nitrogens with zero attached hydrogens (tertiary/aromatic N) is 3. The molecule has 2 aliphatic rings. The molecular formula is C29H40N6O5. The van der Waals surface area contributed by atoms with Crippen LogP contribution in [0.3, 0.4) is 0 Å². The van der Waals surface area contributed by atoms with Gasteiger partial charge in [-0.25, -0.2) is 4.79 Å². The van der Waals surface area contributed by atoms with Crippen molar-refractivity contribution in [2.75, 3.05) is 6.54 Å². The lowest BCUT2D eigenvalue weighted by Crippen LogP contribution is -2.60. The largest absolute Gasteiger partial charge is 0.444 e. The number of hydrogen-bond donors (Lipinski definition) is 3. The lowest BCUT2D eigenvalue weighted by atomic mass is 9.85. The predicted molar refractivity (Wildman–Crippen MR) is 148 cm³/mol. The molecule has 2 aromatic rings. The third-order valence-electron chi connectivity index (χ3n) is 7.98. The molecule has 0 bridgehead atoms. The Bertz CT molecular complexity index is 1340. The molecule has 5 atom stereocenters. The maximum absolute atomic E-state index is 14.0. The second-order valence-corrected chi connectivity index (χ2v) is 13.5. The van der Waals surface area contributed by atoms with Crippen molar-refractivity contribution < 1.29 is 23.9 Å². The molecule has 1 saturated carbocycles. The molecule has 1 aromatic heterocycles. The van der Waals surface area contributed by atoms with Crippen LogP contribution in [0.2, 0.25) is 0 Å². The second kappa shape index (κ2) is 10.0. The first-order valence-electron chi connectivity index (χ1n) is 13.5. The molecule has 2 heterocycles. The molecule has 1 aromatic carbocycles. The van der Waals surface area contributed by atoms with Gasteiger partial charge in [0.1, 0.15) is 23.4 Å². The molecule has 2 unspecified atom stereocenters. The standard InChI is InChI=1S/C29H40N6O5/c1-27(2,3)22(33-26(39)40-28(4,5)6)25(38)35-14-17-18(29(17,7)8)21(35)24(37)32-20(23(30)36)19-16-12-10-9-11-15(16)13-31-34-19/h9-13,17-18,20-22H,14H2,1-8H3,(H2,30,36)(H,32,37)(H,33,39)/t17-,18-,20?,21-,22?/m0/s1. The molecule has 0 spiro atoms. The van der Waals surface area contributed by atoms with Gasteiger partial charge in [0.05, 0.1) is 6.20 Å². The Morgan fingerprint density at radius 1 is 1.07 bits per heavy atom. The Labute approximate surface area is 234 Å². The van der Waals surface area contributed by atoms with Crippen molar-refractivity contribution in [3.63, 3.8) is 0 Å². The van der Waals surface area contributed by atoms with Gasteiger partial charge in [-0.15, -0.1) is 0 Å². The number of hydrogen-bond acceptors (Lipinski definition) is 7. The van der Waals surface area contributed by atoms with Gasteiger partial charge in [-0.05, 0) is 43.4 Å². The number of piperidine rings is 1. The van der Waals surface area contributed by atoms with Gasteiger partial charge in [-0.3, -0.25) is 14.4 Å². The number of nitrogens with one attached hydrogen (secondary N) is 2. The predicted octanol–water partition coefficient (Wildman–Crippen LogP) is 2.69. The van der Waals surface area contributed by atoms with Gasteiger partial charge in [0, 0.05) is 17.3 Å². The van der Waals surface area contributed by atoms with Crippen LogP contribution in [0.4, 0.5) is 4.79 Å². The van der Waals surface area contributed by atoms with E-state index < -0.39 is 47.0 Å². The van der Waals surface area contributed by atoms with E-state index in [9.17, 15) is 19.2 Å². The number of ether oxygens (including phenoxy) is 1. The van der Waals surface area contributed by atoms with Gasteiger partial charge in [0.15, 0.2) is 6.04 Å². The number of alkyl carbamates (subject to hydrolysis) is 1. The van der Waals surface area contributed by atoms with E-state index in [4.69, 9.17) is 10.5 Å². The van der Waals surface area contributed by atoms with Crippen LogP contribution >= 0.6 is 0 Å². The monoisotopic (exact) mass is 552 g/mol. The fourth-order valence-corrected chi connectivity index (χ4v) is 5.82. The van der Waals surface area contributed by atoms with Crippen LogP contribution in [0, 0.1) is 22.7 Å². The summed E-state index contributed by atoms with van der Waals surface area (Å²) in [6.07, 6.45) is 0.854. The molecule has 1 saturated heterocycles. The molecule has 4 N–H and O–H groups in total. The van der Waals surface area contributed by atoms with E-state index in [0.717, 1.165) is 5.39 Å². The fourth-order valence-electron chi connectivity index (χ4n) is 5.82. The van der Waals surface area contributed by atoms with Crippen LogP contribution in [0.15, 0.2) is 30.5 Å². The van der Waals surface area contributed by atoms with Crippen molar-refractivity contribution in [3.05, 3.63) is 36.2 Å². The van der Waals surface area contributed by atoms with Crippen molar-refractivity contribution in [1.82, 2.24) is 25.7 Å². The number of carbonyl (C=O) groups excluding carboxylic acids is 4. The summed E-state index contributed by atoms with van der Waals surface area (Å²) in [6, 6.07) is 4.18. The van der Waals surface area contributed by atoms with Crippen LogP contribution in [0.5, 0.6) is 0 Å². The van der Waals surface area contributed by atoms with Crippen LogP contribution < -0.4 is 16.4 Å². The third-order valence-corrected chi connectivity index (χ3v) is 7.98. The number of carbonyl (C=O) groups is 4. The smallest absolute Gasteiger partial charge is 0.408 e. The van der Waals surface area contributed by atoms with Gasteiger partial charge < -0.3 is 26.0 Å². The minimum atomic E-state index is -1.25. The van der Waals surface area contributed by atoms with Crippen molar-refractivity contribution in [3.8, 4) is 0 Å². The van der Waals surface area contributed by atoms with E-state index in [-0.39, 0.29) is 28.9 Å². The highest BCUT2D eigenvalue weighted by atomic mass is 16.6. The number of fused-ring (bicyclic) bond motifs is 2. The van der Waals surface area contributed by atoms with E-state index in [1.165, 1.54) is 4.90 Å². The summed E-state index contributed by atoms with van der Waals surface area (Å²) in [4.78, 5) is 54.7. The minimum absolute atomic E-state index is 0.0960. The van der Waals surface area contributed by atoms with Gasteiger partial charge in [-0.1, -0.05) is 58.9 Å². The van der Waals surface area contributed by atoms with E-state index in [1.807, 2.05) is 32.9 Å². The van der Waals surface area contributed by atoms with Gasteiger partial charge >= 0.3 is 6.09 Å². The molecule has 0 radical (unpaired) electrons. The molecule has 11 nitrogen and oxygen atoms in total. The molecular weight excluding hydrogens is 512 g/mol. The first-order valence-corrected chi connectivity index (χ1v) is 13.5. The van der Waals surface area contributed by atoms with Gasteiger partial charge in [0.2, 0.25) is 17.7 Å². The summed E-state index contributed by atoms with van der Waals surface area (Å²) in [5, 5.41) is 15.0. The van der Waals surface area contributed by atoms with E-state index in [2.05, 4.69) is 34.7 Å². The molecule has 4 amide bonds. The molecule has 216 valence electrons. The van der Waals surface area contributed by atoms with Crippen LogP contribution in [-0.4, -0.2) is 63.1 Å². The Morgan fingerprint density at radius 3 is 2.33 bits per heavy atom. The molecule has 2 fully saturated rings. The van der Waals surface area contributed by atoms with Crippen molar-refractivity contribution in [2.24, 2.45) is 28.4 Å². The zero-order chi connectivity index (χ0) is 29.8. The first kappa shape index (κ1) is 29.2. The van der Waals surface area contributed by atoms with Gasteiger partial charge in [-0.2, -0.15) is 10.2 Å². The average molecular weight is 553 g/mol. The number of amides is 4. The summed E-state index contributed by atoms with van der Waals surface area (Å²) in [6.45, 7) is 15.2. The zero-order valence-corrected chi connectivity index (χ0v) is 24.4. The molecule has 11 heteroatoms. The number of benzene rings is 1. The van der Waals surface area contributed by atoms with Crippen LogP contribution in [0.25, 0.3) is 10.8 Å². The van der Waals surface area contributed by atoms with E-state index in [1.54, 1.807) is 39.1 Å². The van der Waals surface area contributed by atoms with E-state index in [0.29, 0.717) is 11.9 Å². The number of rotatable bonds is 6. The third kappa shape index (κ3) is 5.59.